The summed E-state index contributed by atoms with van der Waals surface area (Å²) in [5.74, 6) is 0.105. The number of nitrogens with one attached hydrogen (secondary N) is 1. The number of urea groups is 1. The fourth-order valence-electron chi connectivity index (χ4n) is 2.28. The summed E-state index contributed by atoms with van der Waals surface area (Å²) in [4.78, 5) is 23.9. The molecule has 2 aromatic rings. The average molecular weight is 435 g/mol. The van der Waals surface area contributed by atoms with E-state index >= 15 is 0 Å². The van der Waals surface area contributed by atoms with Crippen LogP contribution in [0.5, 0.6) is 11.6 Å². The van der Waals surface area contributed by atoms with Crippen molar-refractivity contribution in [3.05, 3.63) is 56.9 Å². The van der Waals surface area contributed by atoms with Crippen LogP contribution in [0.3, 0.4) is 0 Å². The topological polar surface area (TPSA) is 122 Å². The standard InChI is InChI=1S/C17H12Cl2N6O4/c1-9-13(7-20)22-25(17(27)21-9)10-5-11(18)16(12(19)6-10)29-14-3-4-15(26)24(23-14)8-28-2/h3-6H,1,8H2,2H3,(H,21,27). The maximum atomic E-state index is 12.2. The van der Waals surface area contributed by atoms with Crippen molar-refractivity contribution in [2.75, 3.05) is 12.1 Å². The Morgan fingerprint density at radius 3 is 2.59 bits per heavy atom. The van der Waals surface area contributed by atoms with Gasteiger partial charge in [-0.1, -0.05) is 29.8 Å². The summed E-state index contributed by atoms with van der Waals surface area (Å²) in [6.07, 6.45) is 0. The number of carbonyl (C=O) groups excluding carboxylic acids is 1. The lowest BCUT2D eigenvalue weighted by Crippen LogP contribution is -2.42. The summed E-state index contributed by atoms with van der Waals surface area (Å²) in [6.45, 7) is 3.48. The van der Waals surface area contributed by atoms with E-state index in [1.807, 2.05) is 6.07 Å². The smallest absolute Gasteiger partial charge is 0.347 e. The number of halogens is 2. The van der Waals surface area contributed by atoms with Gasteiger partial charge in [0.05, 0.1) is 21.4 Å². The van der Waals surface area contributed by atoms with Gasteiger partial charge < -0.3 is 14.8 Å². The molecule has 10 nitrogen and oxygen atoms in total. The van der Waals surface area contributed by atoms with E-state index in [-0.39, 0.29) is 51.1 Å². The quantitative estimate of drug-likeness (QED) is 0.771. The zero-order valence-electron chi connectivity index (χ0n) is 14.8. The van der Waals surface area contributed by atoms with E-state index < -0.39 is 6.03 Å². The molecule has 2 amide bonds. The third-order valence-corrected chi connectivity index (χ3v) is 4.13. The van der Waals surface area contributed by atoms with E-state index in [0.717, 1.165) is 9.69 Å². The van der Waals surface area contributed by atoms with Crippen LogP contribution in [0.4, 0.5) is 10.5 Å². The highest BCUT2D eigenvalue weighted by Crippen LogP contribution is 2.39. The van der Waals surface area contributed by atoms with Gasteiger partial charge in [0.1, 0.15) is 12.8 Å². The molecule has 12 heteroatoms. The molecular weight excluding hydrogens is 423 g/mol. The molecule has 0 radical (unpaired) electrons. The van der Waals surface area contributed by atoms with Gasteiger partial charge in [0.15, 0.2) is 11.5 Å². The van der Waals surface area contributed by atoms with E-state index in [0.29, 0.717) is 0 Å². The van der Waals surface area contributed by atoms with Crippen LogP contribution in [0.1, 0.15) is 0 Å². The summed E-state index contributed by atoms with van der Waals surface area (Å²) < 4.78 is 11.5. The molecule has 1 aliphatic heterocycles. The number of allylic oxidation sites excluding steroid dienone is 1. The third kappa shape index (κ3) is 4.22. The van der Waals surface area contributed by atoms with Crippen molar-refractivity contribution in [3.8, 4) is 17.7 Å². The molecule has 3 rings (SSSR count). The number of anilines is 1. The van der Waals surface area contributed by atoms with Crippen molar-refractivity contribution in [1.29, 1.82) is 5.26 Å². The molecular formula is C17H12Cl2N6O4. The van der Waals surface area contributed by atoms with Gasteiger partial charge in [0.25, 0.3) is 5.56 Å². The first-order valence-corrected chi connectivity index (χ1v) is 8.62. The molecule has 1 aromatic carbocycles. The molecule has 0 saturated carbocycles. The van der Waals surface area contributed by atoms with E-state index in [1.54, 1.807) is 0 Å². The number of rotatable bonds is 5. The van der Waals surface area contributed by atoms with Gasteiger partial charge in [-0.15, -0.1) is 5.10 Å². The van der Waals surface area contributed by atoms with Crippen molar-refractivity contribution < 1.29 is 14.3 Å². The largest absolute Gasteiger partial charge is 0.434 e. The van der Waals surface area contributed by atoms with Crippen molar-refractivity contribution in [1.82, 2.24) is 15.1 Å². The minimum atomic E-state index is -0.636. The van der Waals surface area contributed by atoms with E-state index in [2.05, 4.69) is 22.1 Å². The van der Waals surface area contributed by atoms with Gasteiger partial charge in [-0.2, -0.15) is 15.4 Å². The summed E-state index contributed by atoms with van der Waals surface area (Å²) in [6, 6.07) is 6.54. The molecule has 2 heterocycles. The lowest BCUT2D eigenvalue weighted by molar-refractivity contribution is 0.114. The number of benzene rings is 1. The van der Waals surface area contributed by atoms with Crippen molar-refractivity contribution >= 4 is 40.6 Å². The molecule has 0 atom stereocenters. The number of ether oxygens (including phenoxy) is 2. The first-order valence-electron chi connectivity index (χ1n) is 7.87. The maximum absolute atomic E-state index is 12.2. The molecule has 0 fully saturated rings. The van der Waals surface area contributed by atoms with Crippen LogP contribution in [0.2, 0.25) is 10.0 Å². The molecule has 0 spiro atoms. The van der Waals surface area contributed by atoms with Crippen LogP contribution in [-0.4, -0.2) is 28.6 Å². The van der Waals surface area contributed by atoms with Crippen molar-refractivity contribution in [2.45, 2.75) is 6.73 Å². The number of nitriles is 1. The monoisotopic (exact) mass is 434 g/mol. The molecule has 1 aromatic heterocycles. The van der Waals surface area contributed by atoms with Crippen molar-refractivity contribution in [2.24, 2.45) is 5.10 Å². The van der Waals surface area contributed by atoms with Gasteiger partial charge in [-0.25, -0.2) is 9.48 Å². The van der Waals surface area contributed by atoms with Crippen LogP contribution in [0.25, 0.3) is 0 Å². The van der Waals surface area contributed by atoms with Gasteiger partial charge in [0.2, 0.25) is 5.88 Å². The average Bonchev–Trinajstić information content (AvgIpc) is 2.67. The number of amides is 2. The highest BCUT2D eigenvalue weighted by molar-refractivity contribution is 6.37. The summed E-state index contributed by atoms with van der Waals surface area (Å²) in [7, 11) is 1.42. The zero-order chi connectivity index (χ0) is 21.1. The Balaban J connectivity index is 1.95. The summed E-state index contributed by atoms with van der Waals surface area (Å²) >= 11 is 12.5. The number of hydrazone groups is 1. The molecule has 29 heavy (non-hydrogen) atoms. The number of hydrogen-bond donors (Lipinski definition) is 1. The maximum Gasteiger partial charge on any atom is 0.347 e. The van der Waals surface area contributed by atoms with Crippen LogP contribution in [0.15, 0.2) is 46.4 Å². The predicted octanol–water partition coefficient (Wildman–Crippen LogP) is 2.87. The lowest BCUT2D eigenvalue weighted by atomic mass is 10.2. The molecule has 1 N–H and O–H groups in total. The Morgan fingerprint density at radius 2 is 1.97 bits per heavy atom. The Labute approximate surface area is 174 Å². The van der Waals surface area contributed by atoms with Gasteiger partial charge in [0, 0.05) is 19.2 Å². The van der Waals surface area contributed by atoms with Crippen LogP contribution in [0, 0.1) is 11.3 Å². The Kier molecular flexibility index (Phi) is 5.84. The number of carbonyl (C=O) groups is 1. The second kappa shape index (κ2) is 8.32. The highest BCUT2D eigenvalue weighted by atomic mass is 35.5. The Morgan fingerprint density at radius 1 is 1.28 bits per heavy atom. The number of aromatic nitrogens is 2. The molecule has 1 aliphatic rings. The third-order valence-electron chi connectivity index (χ3n) is 3.57. The Bertz CT molecular complexity index is 1110. The molecule has 0 saturated heterocycles. The summed E-state index contributed by atoms with van der Waals surface area (Å²) in [5.41, 5.74) is -0.164. The zero-order valence-corrected chi connectivity index (χ0v) is 16.4. The second-order valence-electron chi connectivity index (χ2n) is 5.55. The predicted molar refractivity (Wildman–Crippen MR) is 105 cm³/mol. The minimum Gasteiger partial charge on any atom is -0.434 e. The first kappa shape index (κ1) is 20.3. The van der Waals surface area contributed by atoms with Crippen LogP contribution < -0.4 is 20.6 Å². The van der Waals surface area contributed by atoms with Crippen LogP contribution >= 0.6 is 23.2 Å². The van der Waals surface area contributed by atoms with Crippen LogP contribution in [-0.2, 0) is 11.5 Å². The normalized spacial score (nSPS) is 13.6. The van der Waals surface area contributed by atoms with E-state index in [4.69, 9.17) is 37.9 Å². The summed E-state index contributed by atoms with van der Waals surface area (Å²) in [5, 5.41) is 20.4. The van der Waals surface area contributed by atoms with Gasteiger partial charge in [-0.3, -0.25) is 4.79 Å². The van der Waals surface area contributed by atoms with E-state index in [1.165, 1.54) is 31.4 Å². The van der Waals surface area contributed by atoms with E-state index in [9.17, 15) is 9.59 Å². The molecule has 0 aliphatic carbocycles. The first-order chi connectivity index (χ1) is 13.8. The fraction of sp³-hybridized carbons (Fsp3) is 0.118. The fourth-order valence-corrected chi connectivity index (χ4v) is 2.83. The minimum absolute atomic E-state index is 0.0460. The van der Waals surface area contributed by atoms with Gasteiger partial charge in [-0.05, 0) is 12.1 Å². The lowest BCUT2D eigenvalue weighted by Gasteiger charge is -2.24. The number of methoxy groups -OCH3 is 1. The molecule has 148 valence electrons. The molecule has 0 bridgehead atoms. The highest BCUT2D eigenvalue weighted by Gasteiger charge is 2.26. The Hall–Kier alpha value is -3.39. The number of hydrogen-bond acceptors (Lipinski definition) is 7. The van der Waals surface area contributed by atoms with Crippen molar-refractivity contribution in [3.63, 3.8) is 0 Å². The number of nitrogens with zero attached hydrogens (tertiary/aromatic N) is 5. The van der Waals surface area contributed by atoms with Gasteiger partial charge >= 0.3 is 6.03 Å². The second-order valence-corrected chi connectivity index (χ2v) is 6.36. The SMILES string of the molecule is C=C1NC(=O)N(c2cc(Cl)c(Oc3ccc(=O)n(COC)n3)c(Cl)c2)N=C1C#N. The molecule has 0 unspecified atom stereocenters.